The molecule has 2 unspecified atom stereocenters. The van der Waals surface area contributed by atoms with Crippen LogP contribution in [0.5, 0.6) is 0 Å². The van der Waals surface area contributed by atoms with Gasteiger partial charge >= 0.3 is 0 Å². The van der Waals surface area contributed by atoms with E-state index in [0.717, 1.165) is 23.6 Å². The van der Waals surface area contributed by atoms with Crippen LogP contribution in [0.4, 0.5) is 4.39 Å². The smallest absolute Gasteiger partial charge is 0.116 e. The van der Waals surface area contributed by atoms with Gasteiger partial charge in [0, 0.05) is 10.9 Å². The SMILES string of the molecule is C#C.C=C.C=C(/C=C\C(C)=C/C)C(C)C(CCC)NCCC.CC(=S)/C(CF)=C(\C)C=C(C)C.CCC1CC1. The third-order valence-electron chi connectivity index (χ3n) is 6.27. The molecule has 1 nitrogen and oxygen atoms in total. The lowest BCUT2D eigenvalue weighted by Crippen LogP contribution is -2.35. The number of nitrogens with one attached hydrogen (secondary N) is 1. The van der Waals surface area contributed by atoms with Gasteiger partial charge in [-0.25, -0.2) is 4.39 Å². The molecule has 0 bridgehead atoms. The maximum atomic E-state index is 12.4. The van der Waals surface area contributed by atoms with Gasteiger partial charge in [0.2, 0.25) is 0 Å². The zero-order valence-electron chi connectivity index (χ0n) is 27.3. The highest BCUT2D eigenvalue weighted by Crippen LogP contribution is 2.31. The molecule has 1 aliphatic carbocycles. The molecule has 0 heterocycles. The topological polar surface area (TPSA) is 12.0 Å². The van der Waals surface area contributed by atoms with Gasteiger partial charge in [0.1, 0.15) is 6.67 Å². The van der Waals surface area contributed by atoms with Crippen LogP contribution in [0, 0.1) is 24.7 Å². The monoisotopic (exact) mass is 559 g/mol. The summed E-state index contributed by atoms with van der Waals surface area (Å²) >= 11 is 4.92. The fraction of sp³-hybridized carbons (Fsp3) is 0.583. The Morgan fingerprint density at radius 1 is 1.03 bits per heavy atom. The first-order chi connectivity index (χ1) is 18.5. The van der Waals surface area contributed by atoms with E-state index in [1.165, 1.54) is 49.7 Å². The summed E-state index contributed by atoms with van der Waals surface area (Å²) in [5, 5.41) is 3.64. The van der Waals surface area contributed by atoms with Gasteiger partial charge in [-0.15, -0.1) is 26.0 Å². The van der Waals surface area contributed by atoms with Crippen molar-refractivity contribution in [3.05, 3.63) is 71.9 Å². The van der Waals surface area contributed by atoms with E-state index in [2.05, 4.69) is 97.7 Å². The van der Waals surface area contributed by atoms with E-state index in [-0.39, 0.29) is 0 Å². The zero-order valence-corrected chi connectivity index (χ0v) is 28.1. The molecule has 0 spiro atoms. The van der Waals surface area contributed by atoms with Gasteiger partial charge in [-0.05, 0) is 83.9 Å². The van der Waals surface area contributed by atoms with Gasteiger partial charge in [-0.3, -0.25) is 0 Å². The molecule has 2 atom stereocenters. The van der Waals surface area contributed by atoms with Gasteiger partial charge < -0.3 is 5.32 Å². The summed E-state index contributed by atoms with van der Waals surface area (Å²) in [5.74, 6) is 1.63. The molecular formula is C36H62FNS. The Balaban J connectivity index is -0.000000248. The second-order valence-corrected chi connectivity index (χ2v) is 10.6. The van der Waals surface area contributed by atoms with Crippen LogP contribution in [-0.2, 0) is 0 Å². The largest absolute Gasteiger partial charge is 0.313 e. The van der Waals surface area contributed by atoms with Gasteiger partial charge in [-0.2, -0.15) is 0 Å². The summed E-state index contributed by atoms with van der Waals surface area (Å²) in [4.78, 5) is 0.646. The van der Waals surface area contributed by atoms with Gasteiger partial charge in [0.15, 0.2) is 0 Å². The highest BCUT2D eigenvalue weighted by Gasteiger charge is 2.17. The summed E-state index contributed by atoms with van der Waals surface area (Å²) in [6, 6.07) is 0.554. The number of hydrogen-bond donors (Lipinski definition) is 1. The molecule has 0 radical (unpaired) electrons. The number of hydrogen-bond acceptors (Lipinski definition) is 2. The first-order valence-corrected chi connectivity index (χ1v) is 14.9. The minimum atomic E-state index is -0.467. The van der Waals surface area contributed by atoms with Crippen LogP contribution in [0.2, 0.25) is 0 Å². The Hall–Kier alpha value is -2.02. The molecule has 224 valence electrons. The number of terminal acetylenes is 1. The normalized spacial score (nSPS) is 14.2. The van der Waals surface area contributed by atoms with E-state index in [0.29, 0.717) is 22.4 Å². The van der Waals surface area contributed by atoms with Crippen molar-refractivity contribution in [2.45, 2.75) is 114 Å². The van der Waals surface area contributed by atoms with Crippen LogP contribution in [0.25, 0.3) is 0 Å². The summed E-state index contributed by atoms with van der Waals surface area (Å²) in [7, 11) is 0. The van der Waals surface area contributed by atoms with Gasteiger partial charge in [0.25, 0.3) is 0 Å². The summed E-state index contributed by atoms with van der Waals surface area (Å²) in [6.07, 6.45) is 24.4. The zero-order chi connectivity index (χ0) is 31.4. The molecule has 1 aliphatic rings. The molecule has 1 rings (SSSR count). The molecule has 3 heteroatoms. The molecular weight excluding hydrogens is 497 g/mol. The molecule has 1 saturated carbocycles. The summed E-state index contributed by atoms with van der Waals surface area (Å²) in [5.41, 5.74) is 5.25. The third kappa shape index (κ3) is 27.3. The first-order valence-electron chi connectivity index (χ1n) is 14.5. The van der Waals surface area contributed by atoms with Gasteiger partial charge in [0.05, 0.1) is 0 Å². The fourth-order valence-electron chi connectivity index (χ4n) is 3.44. The van der Waals surface area contributed by atoms with Crippen LogP contribution in [0.1, 0.15) is 108 Å². The Morgan fingerprint density at radius 3 is 1.87 bits per heavy atom. The minimum absolute atomic E-state index is 0.467. The van der Waals surface area contributed by atoms with Crippen molar-refractivity contribution < 1.29 is 4.39 Å². The van der Waals surface area contributed by atoms with Crippen molar-refractivity contribution >= 4 is 17.1 Å². The Labute approximate surface area is 249 Å². The van der Waals surface area contributed by atoms with E-state index in [9.17, 15) is 4.39 Å². The lowest BCUT2D eigenvalue weighted by Gasteiger charge is -2.25. The average Bonchev–Trinajstić information content (AvgIpc) is 3.76. The molecule has 0 aromatic rings. The standard InChI is InChI=1S/C17H31N.C10H15FS.C5H10.C2H4.C2H2/c1-7-10-17(18-13-8-2)16(6)15(5)12-11-14(4)9-3;1-7(2)5-8(3)10(6-11)9(4)12;1-2-5-3-4-5;2*1-2/h9,11-12,16-18H,5,7-8,10,13H2,1-4,6H3;5H,6H2,1-4H3;5H,2-4H2,1H3;1-2H2;1-2H/b12-11-,14-9-;10-8+;;;. The maximum Gasteiger partial charge on any atom is 0.116 e. The Bertz CT molecular complexity index is 773. The Morgan fingerprint density at radius 2 is 1.56 bits per heavy atom. The van der Waals surface area contributed by atoms with Crippen molar-refractivity contribution in [2.24, 2.45) is 11.8 Å². The second kappa shape index (κ2) is 30.5. The summed E-state index contributed by atoms with van der Waals surface area (Å²) < 4.78 is 12.4. The first kappa shape index (κ1) is 44.0. The molecule has 0 aromatic heterocycles. The molecule has 39 heavy (non-hydrogen) atoms. The average molecular weight is 560 g/mol. The van der Waals surface area contributed by atoms with E-state index in [4.69, 9.17) is 12.2 Å². The molecule has 0 aromatic carbocycles. The predicted octanol–water partition coefficient (Wildman–Crippen LogP) is 11.4. The molecule has 0 aliphatic heterocycles. The highest BCUT2D eigenvalue weighted by molar-refractivity contribution is 7.80. The van der Waals surface area contributed by atoms with Crippen LogP contribution < -0.4 is 5.32 Å². The predicted molar refractivity (Wildman–Crippen MR) is 184 cm³/mol. The number of thiocarbonyl (C=S) groups is 1. The maximum absolute atomic E-state index is 12.4. The van der Waals surface area contributed by atoms with Crippen molar-refractivity contribution in [1.29, 1.82) is 0 Å². The lowest BCUT2D eigenvalue weighted by molar-refractivity contribution is 0.394. The van der Waals surface area contributed by atoms with Crippen LogP contribution in [0.3, 0.4) is 0 Å². The van der Waals surface area contributed by atoms with Gasteiger partial charge in [-0.1, -0.05) is 113 Å². The summed E-state index contributed by atoms with van der Waals surface area (Å²) in [6.45, 7) is 31.6. The van der Waals surface area contributed by atoms with Crippen molar-refractivity contribution in [2.75, 3.05) is 13.2 Å². The van der Waals surface area contributed by atoms with E-state index in [1.54, 1.807) is 6.92 Å². The van der Waals surface area contributed by atoms with Crippen LogP contribution >= 0.6 is 12.2 Å². The molecule has 1 fully saturated rings. The van der Waals surface area contributed by atoms with E-state index < -0.39 is 6.67 Å². The lowest BCUT2D eigenvalue weighted by atomic mass is 9.90. The van der Waals surface area contributed by atoms with Crippen LogP contribution in [0.15, 0.2) is 71.9 Å². The van der Waals surface area contributed by atoms with Crippen molar-refractivity contribution in [3.63, 3.8) is 0 Å². The van der Waals surface area contributed by atoms with Crippen molar-refractivity contribution in [1.82, 2.24) is 5.32 Å². The van der Waals surface area contributed by atoms with E-state index >= 15 is 0 Å². The second-order valence-electron chi connectivity index (χ2n) is 10.0. The molecule has 0 amide bonds. The number of halogens is 1. The molecule has 0 saturated heterocycles. The molecule has 1 N–H and O–H groups in total. The quantitative estimate of drug-likeness (QED) is 0.0791. The minimum Gasteiger partial charge on any atom is -0.313 e. The Kier molecular flexibility index (Phi) is 34.4. The number of rotatable bonds is 13. The number of alkyl halides is 1. The fourth-order valence-corrected chi connectivity index (χ4v) is 3.65. The highest BCUT2D eigenvalue weighted by atomic mass is 32.1. The van der Waals surface area contributed by atoms with Crippen molar-refractivity contribution in [3.8, 4) is 12.8 Å². The van der Waals surface area contributed by atoms with Crippen LogP contribution in [-0.4, -0.2) is 24.1 Å². The third-order valence-corrected chi connectivity index (χ3v) is 6.52. The van der Waals surface area contributed by atoms with E-state index in [1.807, 2.05) is 26.8 Å². The number of allylic oxidation sites excluding steroid dienone is 8.